The molecular formula is C11H15NO3. The summed E-state index contributed by atoms with van der Waals surface area (Å²) in [4.78, 5) is 10.6. The van der Waals surface area contributed by atoms with Crippen molar-refractivity contribution in [2.75, 3.05) is 14.2 Å². The Kier molecular flexibility index (Phi) is 3.97. The summed E-state index contributed by atoms with van der Waals surface area (Å²) in [6.07, 6.45) is 0.930. The molecule has 0 radical (unpaired) electrons. The molecule has 1 rings (SSSR count). The Morgan fingerprint density at radius 3 is 2.13 bits per heavy atom. The van der Waals surface area contributed by atoms with Crippen LogP contribution in [0.2, 0.25) is 0 Å². The molecule has 0 saturated carbocycles. The Balaban J connectivity index is 2.81. The van der Waals surface area contributed by atoms with Crippen LogP contribution < -0.4 is 15.2 Å². The second kappa shape index (κ2) is 5.24. The van der Waals surface area contributed by atoms with Gasteiger partial charge in [-0.1, -0.05) is 0 Å². The molecule has 1 aromatic rings. The van der Waals surface area contributed by atoms with Crippen LogP contribution in [0, 0.1) is 0 Å². The third-order valence-electron chi connectivity index (χ3n) is 2.07. The molecule has 4 nitrogen and oxygen atoms in total. The van der Waals surface area contributed by atoms with Gasteiger partial charge in [-0.2, -0.15) is 0 Å². The Bertz CT molecular complexity index is 327. The van der Waals surface area contributed by atoms with Crippen molar-refractivity contribution in [3.63, 3.8) is 0 Å². The number of benzene rings is 1. The summed E-state index contributed by atoms with van der Waals surface area (Å²) in [5.41, 5.74) is 6.06. The molecule has 0 spiro atoms. The van der Waals surface area contributed by atoms with Crippen LogP contribution in [-0.2, 0) is 11.2 Å². The molecule has 1 amide bonds. The van der Waals surface area contributed by atoms with Gasteiger partial charge in [0.05, 0.1) is 14.2 Å². The zero-order valence-electron chi connectivity index (χ0n) is 8.95. The Labute approximate surface area is 89.0 Å². The maximum atomic E-state index is 10.6. The second-order valence-electron chi connectivity index (χ2n) is 3.19. The molecule has 0 aliphatic rings. The first-order chi connectivity index (χ1) is 7.15. The number of primary amides is 1. The monoisotopic (exact) mass is 209 g/mol. The van der Waals surface area contributed by atoms with Gasteiger partial charge in [0.15, 0.2) is 0 Å². The number of ether oxygens (including phenoxy) is 2. The van der Waals surface area contributed by atoms with Gasteiger partial charge in [-0.25, -0.2) is 0 Å². The fourth-order valence-electron chi connectivity index (χ4n) is 1.28. The van der Waals surface area contributed by atoms with Crippen LogP contribution in [0.4, 0.5) is 0 Å². The maximum absolute atomic E-state index is 10.6. The van der Waals surface area contributed by atoms with E-state index in [2.05, 4.69) is 0 Å². The van der Waals surface area contributed by atoms with E-state index in [1.807, 2.05) is 12.1 Å². The molecule has 0 saturated heterocycles. The minimum Gasteiger partial charge on any atom is -0.497 e. The van der Waals surface area contributed by atoms with Crippen LogP contribution >= 0.6 is 0 Å². The van der Waals surface area contributed by atoms with E-state index in [0.717, 1.165) is 5.56 Å². The van der Waals surface area contributed by atoms with Crippen LogP contribution in [-0.4, -0.2) is 20.1 Å². The van der Waals surface area contributed by atoms with Crippen molar-refractivity contribution in [2.24, 2.45) is 5.73 Å². The van der Waals surface area contributed by atoms with Gasteiger partial charge in [0.2, 0.25) is 5.91 Å². The summed E-state index contributed by atoms with van der Waals surface area (Å²) in [5, 5.41) is 0. The number of nitrogens with two attached hydrogens (primary N) is 1. The van der Waals surface area contributed by atoms with Crippen molar-refractivity contribution >= 4 is 5.91 Å². The van der Waals surface area contributed by atoms with Crippen molar-refractivity contribution < 1.29 is 14.3 Å². The van der Waals surface area contributed by atoms with Gasteiger partial charge in [-0.05, 0) is 24.1 Å². The summed E-state index contributed by atoms with van der Waals surface area (Å²) in [6, 6.07) is 5.52. The molecule has 4 heteroatoms. The number of amides is 1. The first-order valence-corrected chi connectivity index (χ1v) is 4.66. The van der Waals surface area contributed by atoms with Crippen LogP contribution in [0.5, 0.6) is 11.5 Å². The van der Waals surface area contributed by atoms with Gasteiger partial charge < -0.3 is 15.2 Å². The summed E-state index contributed by atoms with van der Waals surface area (Å²) in [6.45, 7) is 0. The molecule has 82 valence electrons. The number of carbonyl (C=O) groups excluding carboxylic acids is 1. The van der Waals surface area contributed by atoms with E-state index < -0.39 is 0 Å². The number of aryl methyl sites for hydroxylation is 1. The third-order valence-corrected chi connectivity index (χ3v) is 2.07. The molecule has 0 aromatic heterocycles. The van der Waals surface area contributed by atoms with Crippen LogP contribution in [0.1, 0.15) is 12.0 Å². The van der Waals surface area contributed by atoms with E-state index in [1.54, 1.807) is 20.3 Å². The molecule has 2 N–H and O–H groups in total. The number of carbonyl (C=O) groups is 1. The predicted octanol–water partition coefficient (Wildman–Crippen LogP) is 1.12. The molecule has 0 atom stereocenters. The largest absolute Gasteiger partial charge is 0.497 e. The fourth-order valence-corrected chi connectivity index (χ4v) is 1.28. The van der Waals surface area contributed by atoms with Gasteiger partial charge >= 0.3 is 0 Å². The average molecular weight is 209 g/mol. The molecule has 0 aliphatic carbocycles. The Hall–Kier alpha value is -1.71. The Morgan fingerprint density at radius 2 is 1.73 bits per heavy atom. The quantitative estimate of drug-likeness (QED) is 0.790. The van der Waals surface area contributed by atoms with Crippen LogP contribution in [0.3, 0.4) is 0 Å². The second-order valence-corrected chi connectivity index (χ2v) is 3.19. The van der Waals surface area contributed by atoms with E-state index in [1.165, 1.54) is 0 Å². The topological polar surface area (TPSA) is 61.5 Å². The zero-order chi connectivity index (χ0) is 11.3. The zero-order valence-corrected chi connectivity index (χ0v) is 8.95. The number of methoxy groups -OCH3 is 2. The highest BCUT2D eigenvalue weighted by Crippen LogP contribution is 2.23. The van der Waals surface area contributed by atoms with Crippen molar-refractivity contribution in [1.82, 2.24) is 0 Å². The first-order valence-electron chi connectivity index (χ1n) is 4.66. The molecule has 1 aromatic carbocycles. The van der Waals surface area contributed by atoms with Gasteiger partial charge in [0.1, 0.15) is 11.5 Å². The molecule has 0 fully saturated rings. The maximum Gasteiger partial charge on any atom is 0.217 e. The number of hydrogen-bond acceptors (Lipinski definition) is 3. The highest BCUT2D eigenvalue weighted by atomic mass is 16.5. The van der Waals surface area contributed by atoms with E-state index in [9.17, 15) is 4.79 Å². The molecule has 0 unspecified atom stereocenters. The minimum atomic E-state index is -0.309. The lowest BCUT2D eigenvalue weighted by atomic mass is 10.1. The summed E-state index contributed by atoms with van der Waals surface area (Å²) < 4.78 is 10.2. The van der Waals surface area contributed by atoms with Gasteiger partial charge in [0.25, 0.3) is 0 Å². The van der Waals surface area contributed by atoms with Crippen LogP contribution in [0.25, 0.3) is 0 Å². The normalized spacial score (nSPS) is 9.73. The predicted molar refractivity (Wildman–Crippen MR) is 57.1 cm³/mol. The lowest BCUT2D eigenvalue weighted by Gasteiger charge is -2.07. The van der Waals surface area contributed by atoms with Gasteiger partial charge in [-0.15, -0.1) is 0 Å². The van der Waals surface area contributed by atoms with E-state index in [-0.39, 0.29) is 5.91 Å². The molecule has 0 bridgehead atoms. The SMILES string of the molecule is COc1cc(CCC(N)=O)cc(OC)c1. The third kappa shape index (κ3) is 3.50. The minimum absolute atomic E-state index is 0.309. The van der Waals surface area contributed by atoms with Crippen molar-refractivity contribution in [3.05, 3.63) is 23.8 Å². The highest BCUT2D eigenvalue weighted by Gasteiger charge is 2.03. The molecule has 0 heterocycles. The van der Waals surface area contributed by atoms with Crippen LogP contribution in [0.15, 0.2) is 18.2 Å². The first kappa shape index (κ1) is 11.4. The number of hydrogen-bond donors (Lipinski definition) is 1. The lowest BCUT2D eigenvalue weighted by molar-refractivity contribution is -0.117. The standard InChI is InChI=1S/C11H15NO3/c1-14-9-5-8(3-4-11(12)13)6-10(7-9)15-2/h5-7H,3-4H2,1-2H3,(H2,12,13). The van der Waals surface area contributed by atoms with Gasteiger partial charge in [0, 0.05) is 12.5 Å². The average Bonchev–Trinajstić information content (AvgIpc) is 2.25. The smallest absolute Gasteiger partial charge is 0.217 e. The van der Waals surface area contributed by atoms with Crippen molar-refractivity contribution in [1.29, 1.82) is 0 Å². The summed E-state index contributed by atoms with van der Waals surface area (Å²) in [5.74, 6) is 1.12. The molecule has 0 aliphatic heterocycles. The van der Waals surface area contributed by atoms with Crippen molar-refractivity contribution in [3.8, 4) is 11.5 Å². The van der Waals surface area contributed by atoms with E-state index in [0.29, 0.717) is 24.3 Å². The Morgan fingerprint density at radius 1 is 1.20 bits per heavy atom. The van der Waals surface area contributed by atoms with Crippen molar-refractivity contribution in [2.45, 2.75) is 12.8 Å². The van der Waals surface area contributed by atoms with E-state index >= 15 is 0 Å². The summed E-state index contributed by atoms with van der Waals surface area (Å²) in [7, 11) is 3.18. The van der Waals surface area contributed by atoms with Gasteiger partial charge in [-0.3, -0.25) is 4.79 Å². The fraction of sp³-hybridized carbons (Fsp3) is 0.364. The highest BCUT2D eigenvalue weighted by molar-refractivity contribution is 5.74. The number of rotatable bonds is 5. The molecule has 15 heavy (non-hydrogen) atoms. The summed E-state index contributed by atoms with van der Waals surface area (Å²) >= 11 is 0. The lowest BCUT2D eigenvalue weighted by Crippen LogP contribution is -2.11. The van der Waals surface area contributed by atoms with E-state index in [4.69, 9.17) is 15.2 Å². The molecular weight excluding hydrogens is 194 g/mol.